The smallest absolute Gasteiger partial charge is 0.434 e. The van der Waals surface area contributed by atoms with E-state index in [9.17, 15) is 31.1 Å². The lowest BCUT2D eigenvalue weighted by atomic mass is 9.61. The lowest BCUT2D eigenvalue weighted by molar-refractivity contribution is -0.316. The molecule has 138 valence electrons. The van der Waals surface area contributed by atoms with Crippen molar-refractivity contribution in [1.29, 1.82) is 0 Å². The molecule has 0 aliphatic heterocycles. The van der Waals surface area contributed by atoms with E-state index in [0.717, 1.165) is 0 Å². The van der Waals surface area contributed by atoms with Crippen LogP contribution >= 0.6 is 0 Å². The molecule has 0 amide bonds. The number of ether oxygens (including phenoxy) is 1. The van der Waals surface area contributed by atoms with Gasteiger partial charge in [-0.3, -0.25) is 4.79 Å². The van der Waals surface area contributed by atoms with Gasteiger partial charge in [-0.05, 0) is 24.2 Å². The molecule has 0 fully saturated rings. The average Bonchev–Trinajstić information content (AvgIpc) is 2.17. The lowest BCUT2D eigenvalue weighted by Gasteiger charge is -2.44. The molecule has 0 aliphatic rings. The summed E-state index contributed by atoms with van der Waals surface area (Å²) in [6.45, 7) is 11.3. The SMILES string of the molecule is CC(C)(C)CC(C)(C(=O)OC(C(F)(F)F)C(F)(F)F)C(C)(C)C. The maximum absolute atomic E-state index is 12.6. The highest BCUT2D eigenvalue weighted by Crippen LogP contribution is 2.48. The van der Waals surface area contributed by atoms with Crippen LogP contribution in [0.15, 0.2) is 0 Å². The molecule has 1 atom stereocenters. The highest BCUT2D eigenvalue weighted by Gasteiger charge is 2.61. The van der Waals surface area contributed by atoms with Crippen LogP contribution in [0.3, 0.4) is 0 Å². The van der Waals surface area contributed by atoms with Crippen LogP contribution in [0.5, 0.6) is 0 Å². The van der Waals surface area contributed by atoms with E-state index in [-0.39, 0.29) is 6.42 Å². The molecule has 0 aromatic rings. The van der Waals surface area contributed by atoms with E-state index in [2.05, 4.69) is 4.74 Å². The summed E-state index contributed by atoms with van der Waals surface area (Å²) in [5.41, 5.74) is -2.90. The first-order chi connectivity index (χ1) is 9.72. The van der Waals surface area contributed by atoms with Crippen LogP contribution in [0.25, 0.3) is 0 Å². The Morgan fingerprint density at radius 2 is 1.17 bits per heavy atom. The number of halogens is 6. The zero-order valence-corrected chi connectivity index (χ0v) is 14.4. The second-order valence-electron chi connectivity index (χ2n) is 8.19. The van der Waals surface area contributed by atoms with E-state index in [1.54, 1.807) is 41.5 Å². The van der Waals surface area contributed by atoms with Crippen LogP contribution < -0.4 is 0 Å². The van der Waals surface area contributed by atoms with Gasteiger partial charge in [0, 0.05) is 0 Å². The van der Waals surface area contributed by atoms with E-state index in [1.165, 1.54) is 6.92 Å². The number of carbonyl (C=O) groups excluding carboxylic acids is 1. The van der Waals surface area contributed by atoms with Gasteiger partial charge in [-0.2, -0.15) is 26.3 Å². The maximum atomic E-state index is 12.6. The van der Waals surface area contributed by atoms with E-state index >= 15 is 0 Å². The Bertz CT molecular complexity index is 411. The van der Waals surface area contributed by atoms with Crippen molar-refractivity contribution in [1.82, 2.24) is 0 Å². The molecule has 0 N–H and O–H groups in total. The molecule has 23 heavy (non-hydrogen) atoms. The van der Waals surface area contributed by atoms with Crippen molar-refractivity contribution in [3.63, 3.8) is 0 Å². The van der Waals surface area contributed by atoms with Gasteiger partial charge in [-0.15, -0.1) is 0 Å². The zero-order valence-electron chi connectivity index (χ0n) is 14.4. The summed E-state index contributed by atoms with van der Waals surface area (Å²) in [7, 11) is 0. The van der Waals surface area contributed by atoms with Gasteiger partial charge in [0.05, 0.1) is 5.41 Å². The van der Waals surface area contributed by atoms with Gasteiger partial charge in [0.2, 0.25) is 0 Å². The summed E-state index contributed by atoms with van der Waals surface area (Å²) in [5, 5.41) is 0. The van der Waals surface area contributed by atoms with Gasteiger partial charge in [0.15, 0.2) is 0 Å². The van der Waals surface area contributed by atoms with Crippen LogP contribution in [0.1, 0.15) is 54.9 Å². The van der Waals surface area contributed by atoms with Gasteiger partial charge in [0.1, 0.15) is 0 Å². The minimum atomic E-state index is -5.71. The van der Waals surface area contributed by atoms with E-state index in [1.807, 2.05) is 0 Å². The van der Waals surface area contributed by atoms with Crippen molar-refractivity contribution in [2.75, 3.05) is 0 Å². The number of esters is 1. The molecule has 0 rings (SSSR count). The number of carbonyl (C=O) groups is 1. The highest BCUT2D eigenvalue weighted by molar-refractivity contribution is 5.77. The third-order valence-corrected chi connectivity index (χ3v) is 3.81. The van der Waals surface area contributed by atoms with Crippen molar-refractivity contribution in [2.24, 2.45) is 16.2 Å². The topological polar surface area (TPSA) is 26.3 Å². The monoisotopic (exact) mass is 350 g/mol. The molecule has 0 aliphatic carbocycles. The van der Waals surface area contributed by atoms with Crippen molar-refractivity contribution < 1.29 is 35.9 Å². The van der Waals surface area contributed by atoms with Gasteiger partial charge in [-0.25, -0.2) is 0 Å². The van der Waals surface area contributed by atoms with Gasteiger partial charge in [0.25, 0.3) is 6.10 Å². The fraction of sp³-hybridized carbons (Fsp3) is 0.933. The fourth-order valence-electron chi connectivity index (χ4n) is 2.26. The number of hydrogen-bond donors (Lipinski definition) is 0. The van der Waals surface area contributed by atoms with Gasteiger partial charge >= 0.3 is 18.3 Å². The predicted molar refractivity (Wildman–Crippen MR) is 73.6 cm³/mol. The molecule has 0 bridgehead atoms. The summed E-state index contributed by atoms with van der Waals surface area (Å²) >= 11 is 0. The molecule has 0 aromatic carbocycles. The normalized spacial score (nSPS) is 17.1. The van der Waals surface area contributed by atoms with E-state index in [0.29, 0.717) is 0 Å². The van der Waals surface area contributed by atoms with Crippen LogP contribution in [0, 0.1) is 16.2 Å². The summed E-state index contributed by atoms with van der Waals surface area (Å²) in [6, 6.07) is 0. The first kappa shape index (κ1) is 22.1. The molecule has 8 heteroatoms. The first-order valence-electron chi connectivity index (χ1n) is 7.06. The Kier molecular flexibility index (Phi) is 5.91. The Morgan fingerprint density at radius 1 is 0.826 bits per heavy atom. The predicted octanol–water partition coefficient (Wildman–Crippen LogP) is 5.51. The molecule has 0 saturated heterocycles. The van der Waals surface area contributed by atoms with Crippen molar-refractivity contribution in [2.45, 2.75) is 73.3 Å². The molecule has 0 heterocycles. The minimum Gasteiger partial charge on any atom is -0.442 e. The number of rotatable bonds is 3. The fourth-order valence-corrected chi connectivity index (χ4v) is 2.26. The summed E-state index contributed by atoms with van der Waals surface area (Å²) < 4.78 is 79.5. The molecule has 1 unspecified atom stereocenters. The Morgan fingerprint density at radius 3 is 1.39 bits per heavy atom. The second kappa shape index (κ2) is 6.16. The molecule has 0 saturated carbocycles. The molecule has 0 aromatic heterocycles. The van der Waals surface area contributed by atoms with Crippen molar-refractivity contribution in [3.8, 4) is 0 Å². The summed E-state index contributed by atoms with van der Waals surface area (Å²) in [4.78, 5) is 12.3. The molecule has 0 radical (unpaired) electrons. The first-order valence-corrected chi connectivity index (χ1v) is 7.06. The van der Waals surface area contributed by atoms with Crippen molar-refractivity contribution in [3.05, 3.63) is 0 Å². The highest BCUT2D eigenvalue weighted by atomic mass is 19.4. The number of alkyl halides is 6. The van der Waals surface area contributed by atoms with Gasteiger partial charge in [-0.1, -0.05) is 41.5 Å². The van der Waals surface area contributed by atoms with Crippen LogP contribution in [0.4, 0.5) is 26.3 Å². The Hall–Kier alpha value is -0.950. The summed E-state index contributed by atoms with van der Waals surface area (Å²) in [6.07, 6.45) is -15.5. The quantitative estimate of drug-likeness (QED) is 0.495. The van der Waals surface area contributed by atoms with Crippen LogP contribution in [-0.2, 0) is 9.53 Å². The minimum absolute atomic E-state index is 0.0742. The maximum Gasteiger partial charge on any atom is 0.434 e. The molecular formula is C15H24F6O2. The largest absolute Gasteiger partial charge is 0.442 e. The second-order valence-corrected chi connectivity index (χ2v) is 8.19. The Labute approximate surface area is 132 Å². The molecule has 2 nitrogen and oxygen atoms in total. The van der Waals surface area contributed by atoms with E-state index in [4.69, 9.17) is 0 Å². The van der Waals surface area contributed by atoms with Gasteiger partial charge < -0.3 is 4.74 Å². The Balaban J connectivity index is 5.74. The summed E-state index contributed by atoms with van der Waals surface area (Å²) in [5.74, 6) is -1.50. The zero-order chi connectivity index (χ0) is 19.1. The van der Waals surface area contributed by atoms with Crippen LogP contribution in [0.2, 0.25) is 0 Å². The average molecular weight is 350 g/mol. The molecule has 0 spiro atoms. The lowest BCUT2D eigenvalue weighted by Crippen LogP contribution is -2.51. The third kappa shape index (κ3) is 5.88. The molecular weight excluding hydrogens is 326 g/mol. The van der Waals surface area contributed by atoms with Crippen LogP contribution in [-0.4, -0.2) is 24.4 Å². The third-order valence-electron chi connectivity index (χ3n) is 3.81. The standard InChI is InChI=1S/C15H24F6O2/c1-11(2,3)8-13(7,12(4,5)6)10(22)23-9(14(16,17)18)15(19,20)21/h9H,8H2,1-7H3. The van der Waals surface area contributed by atoms with Crippen molar-refractivity contribution >= 4 is 5.97 Å². The van der Waals surface area contributed by atoms with E-state index < -0.39 is 40.7 Å². The number of hydrogen-bond acceptors (Lipinski definition) is 2.